The fourth-order valence-electron chi connectivity index (χ4n) is 1.67. The highest BCUT2D eigenvalue weighted by molar-refractivity contribution is 6.03. The van der Waals surface area contributed by atoms with E-state index >= 15 is 0 Å². The molecule has 0 saturated carbocycles. The summed E-state index contributed by atoms with van der Waals surface area (Å²) in [6.45, 7) is 3.39. The van der Waals surface area contributed by atoms with Gasteiger partial charge in [0, 0.05) is 0 Å². The van der Waals surface area contributed by atoms with E-state index in [0.29, 0.717) is 11.3 Å². The van der Waals surface area contributed by atoms with Crippen LogP contribution in [0.25, 0.3) is 0 Å². The first-order valence-electron chi connectivity index (χ1n) is 5.07. The summed E-state index contributed by atoms with van der Waals surface area (Å²) >= 11 is 0. The van der Waals surface area contributed by atoms with Crippen LogP contribution in [0.3, 0.4) is 0 Å². The number of rotatable bonds is 4. The van der Waals surface area contributed by atoms with Gasteiger partial charge in [0.15, 0.2) is 5.78 Å². The maximum Gasteiger partial charge on any atom is 0.185 e. The number of benzene rings is 1. The number of ether oxygens (including phenoxy) is 1. The van der Waals surface area contributed by atoms with Crippen molar-refractivity contribution in [2.75, 3.05) is 13.7 Å². The van der Waals surface area contributed by atoms with Gasteiger partial charge >= 0.3 is 0 Å². The molecule has 16 heavy (non-hydrogen) atoms. The third-order valence-electron chi connectivity index (χ3n) is 2.44. The zero-order valence-electron chi connectivity index (χ0n) is 9.78. The van der Waals surface area contributed by atoms with Crippen molar-refractivity contribution >= 4 is 5.78 Å². The van der Waals surface area contributed by atoms with Gasteiger partial charge in [-0.2, -0.15) is 0 Å². The second kappa shape index (κ2) is 5.09. The van der Waals surface area contributed by atoms with Crippen LogP contribution in [0.15, 0.2) is 12.1 Å². The first kappa shape index (κ1) is 12.7. The lowest BCUT2D eigenvalue weighted by molar-refractivity contribution is 0.0921. The van der Waals surface area contributed by atoms with Gasteiger partial charge in [0.2, 0.25) is 0 Å². The second-order valence-corrected chi connectivity index (χ2v) is 3.81. The number of nitrogens with two attached hydrogens (primary N) is 1. The molecule has 0 spiro atoms. The minimum absolute atomic E-state index is 0.295. The zero-order chi connectivity index (χ0) is 12.3. The van der Waals surface area contributed by atoms with E-state index in [1.807, 2.05) is 19.9 Å². The van der Waals surface area contributed by atoms with E-state index in [2.05, 4.69) is 0 Å². The summed E-state index contributed by atoms with van der Waals surface area (Å²) in [4.78, 5) is 11.9. The predicted octanol–water partition coefficient (Wildman–Crippen LogP) is 0.814. The first-order chi connectivity index (χ1) is 7.51. The summed E-state index contributed by atoms with van der Waals surface area (Å²) in [5.41, 5.74) is 7.81. The SMILES string of the molecule is COc1cc(C)cc(C)c1C(=O)C(N)CO. The largest absolute Gasteiger partial charge is 0.496 e. The lowest BCUT2D eigenvalue weighted by Crippen LogP contribution is -2.34. The van der Waals surface area contributed by atoms with Crippen LogP contribution in [0.4, 0.5) is 0 Å². The van der Waals surface area contributed by atoms with Crippen LogP contribution in [0.1, 0.15) is 21.5 Å². The molecule has 1 aromatic rings. The average molecular weight is 223 g/mol. The number of aryl methyl sites for hydroxylation is 2. The molecule has 0 aliphatic heterocycles. The number of methoxy groups -OCH3 is 1. The number of hydrogen-bond donors (Lipinski definition) is 2. The molecule has 0 radical (unpaired) electrons. The van der Waals surface area contributed by atoms with E-state index in [0.717, 1.165) is 11.1 Å². The molecular weight excluding hydrogens is 206 g/mol. The molecule has 0 aliphatic carbocycles. The summed E-state index contributed by atoms with van der Waals surface area (Å²) in [5, 5.41) is 8.89. The van der Waals surface area contributed by atoms with Crippen molar-refractivity contribution in [3.05, 3.63) is 28.8 Å². The Labute approximate surface area is 95.0 Å². The normalized spacial score (nSPS) is 12.3. The molecule has 0 amide bonds. The Morgan fingerprint density at radius 3 is 2.62 bits per heavy atom. The van der Waals surface area contributed by atoms with Crippen molar-refractivity contribution in [1.82, 2.24) is 0 Å². The highest BCUT2D eigenvalue weighted by atomic mass is 16.5. The van der Waals surface area contributed by atoms with Crippen LogP contribution in [0, 0.1) is 13.8 Å². The Bertz CT molecular complexity index is 401. The van der Waals surface area contributed by atoms with Gasteiger partial charge < -0.3 is 15.6 Å². The maximum absolute atomic E-state index is 11.9. The van der Waals surface area contributed by atoms with E-state index < -0.39 is 6.04 Å². The Morgan fingerprint density at radius 1 is 1.50 bits per heavy atom. The Kier molecular flexibility index (Phi) is 4.04. The third-order valence-corrected chi connectivity index (χ3v) is 2.44. The standard InChI is InChI=1S/C12H17NO3/c1-7-4-8(2)11(10(5-7)16-3)12(15)9(13)6-14/h4-5,9,14H,6,13H2,1-3H3. The van der Waals surface area contributed by atoms with Gasteiger partial charge in [0.05, 0.1) is 25.3 Å². The van der Waals surface area contributed by atoms with Gasteiger partial charge in [0.1, 0.15) is 5.75 Å². The molecule has 4 nitrogen and oxygen atoms in total. The number of aliphatic hydroxyl groups is 1. The van der Waals surface area contributed by atoms with Crippen LogP contribution >= 0.6 is 0 Å². The fourth-order valence-corrected chi connectivity index (χ4v) is 1.67. The topological polar surface area (TPSA) is 72.5 Å². The van der Waals surface area contributed by atoms with Gasteiger partial charge in [0.25, 0.3) is 0 Å². The van der Waals surface area contributed by atoms with Crippen LogP contribution < -0.4 is 10.5 Å². The maximum atomic E-state index is 11.9. The number of hydrogen-bond acceptors (Lipinski definition) is 4. The summed E-state index contributed by atoms with van der Waals surface area (Å²) in [7, 11) is 1.51. The predicted molar refractivity (Wildman–Crippen MR) is 61.9 cm³/mol. The van der Waals surface area contributed by atoms with Gasteiger partial charge in [-0.3, -0.25) is 4.79 Å². The monoisotopic (exact) mass is 223 g/mol. The lowest BCUT2D eigenvalue weighted by atomic mass is 9.97. The van der Waals surface area contributed by atoms with Crippen LogP contribution in [0.5, 0.6) is 5.75 Å². The molecule has 4 heteroatoms. The molecule has 0 bridgehead atoms. The third kappa shape index (κ3) is 2.40. The molecule has 0 fully saturated rings. The van der Waals surface area contributed by atoms with Gasteiger partial charge in [-0.25, -0.2) is 0 Å². The molecular formula is C12H17NO3. The minimum Gasteiger partial charge on any atom is -0.496 e. The quantitative estimate of drug-likeness (QED) is 0.741. The second-order valence-electron chi connectivity index (χ2n) is 3.81. The number of Topliss-reactive ketones (excluding diaryl/α,β-unsaturated/α-hetero) is 1. The van der Waals surface area contributed by atoms with Gasteiger partial charge in [-0.15, -0.1) is 0 Å². The van der Waals surface area contributed by atoms with E-state index in [9.17, 15) is 4.79 Å². The van der Waals surface area contributed by atoms with Crippen molar-refractivity contribution < 1.29 is 14.6 Å². The molecule has 1 atom stereocenters. The van der Waals surface area contributed by atoms with Gasteiger partial charge in [-0.05, 0) is 31.0 Å². The van der Waals surface area contributed by atoms with E-state index in [1.54, 1.807) is 6.07 Å². The van der Waals surface area contributed by atoms with E-state index in [1.165, 1.54) is 7.11 Å². The first-order valence-corrected chi connectivity index (χ1v) is 5.07. The number of carbonyl (C=O) groups is 1. The fraction of sp³-hybridized carbons (Fsp3) is 0.417. The van der Waals surface area contributed by atoms with Crippen molar-refractivity contribution in [3.63, 3.8) is 0 Å². The molecule has 88 valence electrons. The lowest BCUT2D eigenvalue weighted by Gasteiger charge is -2.14. The molecule has 0 saturated heterocycles. The Morgan fingerprint density at radius 2 is 2.12 bits per heavy atom. The van der Waals surface area contributed by atoms with Crippen LogP contribution in [-0.4, -0.2) is 30.6 Å². The van der Waals surface area contributed by atoms with Crippen LogP contribution in [-0.2, 0) is 0 Å². The molecule has 0 heterocycles. The van der Waals surface area contributed by atoms with Crippen molar-refractivity contribution in [2.45, 2.75) is 19.9 Å². The Balaban J connectivity index is 3.26. The molecule has 1 unspecified atom stereocenters. The average Bonchev–Trinajstić information content (AvgIpc) is 2.26. The van der Waals surface area contributed by atoms with Crippen molar-refractivity contribution in [2.24, 2.45) is 5.73 Å². The summed E-state index contributed by atoms with van der Waals surface area (Å²) in [6.07, 6.45) is 0. The highest BCUT2D eigenvalue weighted by Gasteiger charge is 2.21. The minimum atomic E-state index is -0.893. The zero-order valence-corrected chi connectivity index (χ0v) is 9.78. The molecule has 1 aromatic carbocycles. The number of carbonyl (C=O) groups excluding carboxylic acids is 1. The van der Waals surface area contributed by atoms with Crippen molar-refractivity contribution in [3.8, 4) is 5.75 Å². The number of aliphatic hydroxyl groups excluding tert-OH is 1. The smallest absolute Gasteiger partial charge is 0.185 e. The molecule has 3 N–H and O–H groups in total. The van der Waals surface area contributed by atoms with E-state index in [4.69, 9.17) is 15.6 Å². The van der Waals surface area contributed by atoms with Gasteiger partial charge in [-0.1, -0.05) is 6.07 Å². The highest BCUT2D eigenvalue weighted by Crippen LogP contribution is 2.25. The molecule has 0 aliphatic rings. The molecule has 0 aromatic heterocycles. The molecule has 1 rings (SSSR count). The number of ketones is 1. The van der Waals surface area contributed by atoms with Crippen molar-refractivity contribution in [1.29, 1.82) is 0 Å². The van der Waals surface area contributed by atoms with E-state index in [-0.39, 0.29) is 12.4 Å². The van der Waals surface area contributed by atoms with Crippen LogP contribution in [0.2, 0.25) is 0 Å². The summed E-state index contributed by atoms with van der Waals surface area (Å²) in [5.74, 6) is 0.211. The summed E-state index contributed by atoms with van der Waals surface area (Å²) in [6, 6.07) is 2.78. The Hall–Kier alpha value is -1.39. The summed E-state index contributed by atoms with van der Waals surface area (Å²) < 4.78 is 5.16.